The minimum atomic E-state index is -6.02. The fourth-order valence-corrected chi connectivity index (χ4v) is 3.48. The topological polar surface area (TPSA) is 116 Å². The van der Waals surface area contributed by atoms with Crippen LogP contribution in [0, 0.1) is 6.92 Å². The molecule has 0 spiro atoms. The number of esters is 1. The summed E-state index contributed by atoms with van der Waals surface area (Å²) >= 11 is 0. The number of rotatable bonds is 6. The van der Waals surface area contributed by atoms with E-state index in [0.717, 1.165) is 4.40 Å². The fraction of sp³-hybridized carbons (Fsp3) is 0.250. The molecule has 0 aliphatic carbocycles. The number of nitrogens with zero attached hydrogens (tertiary/aromatic N) is 2. The van der Waals surface area contributed by atoms with Crippen molar-refractivity contribution in [1.29, 1.82) is 0 Å². The third-order valence-electron chi connectivity index (χ3n) is 4.55. The van der Waals surface area contributed by atoms with Crippen LogP contribution in [0.3, 0.4) is 0 Å². The maximum atomic E-state index is 12.7. The molecule has 0 aliphatic rings. The molecule has 0 saturated heterocycles. The summed E-state index contributed by atoms with van der Waals surface area (Å²) < 4.78 is 70.7. The lowest BCUT2D eigenvalue weighted by molar-refractivity contribution is -0.0501. The largest absolute Gasteiger partial charge is 0.534 e. The summed E-state index contributed by atoms with van der Waals surface area (Å²) in [5.74, 6) is -1.62. The van der Waals surface area contributed by atoms with E-state index >= 15 is 0 Å². The molecule has 2 aromatic heterocycles. The molecular formula is C20H18F3N3O6S. The van der Waals surface area contributed by atoms with Crippen molar-refractivity contribution in [3.8, 4) is 5.88 Å². The second-order valence-electron chi connectivity index (χ2n) is 6.99. The van der Waals surface area contributed by atoms with Crippen molar-refractivity contribution >= 4 is 27.4 Å². The highest BCUT2D eigenvalue weighted by atomic mass is 32.2. The molecule has 1 unspecified atom stereocenters. The summed E-state index contributed by atoms with van der Waals surface area (Å²) in [5, 5.41) is 3.08. The second-order valence-corrected chi connectivity index (χ2v) is 8.52. The molecule has 9 nitrogen and oxygen atoms in total. The molecule has 3 rings (SSSR count). The first kappa shape index (κ1) is 24.0. The standard InChI is InChI=1S/C20H18F3N3O6S/c1-11-8-14(12(2)24-15-7-5-4-6-13(15)19(28)31-3)18-25-16(9-17(27)26(18)10-11)32-33(29,30)20(21,22)23/h4-10,12,24H,1-3H3. The number of fused-ring (bicyclic) bond motifs is 1. The Morgan fingerprint density at radius 1 is 1.21 bits per heavy atom. The van der Waals surface area contributed by atoms with Crippen LogP contribution < -0.4 is 15.1 Å². The molecule has 176 valence electrons. The van der Waals surface area contributed by atoms with Crippen LogP contribution in [0.15, 0.2) is 47.4 Å². The van der Waals surface area contributed by atoms with Crippen LogP contribution in [-0.4, -0.2) is 36.4 Å². The van der Waals surface area contributed by atoms with Gasteiger partial charge >= 0.3 is 21.6 Å². The molecule has 1 aromatic carbocycles. The number of aryl methyl sites for hydroxylation is 1. The number of carbonyl (C=O) groups is 1. The van der Waals surface area contributed by atoms with Gasteiger partial charge in [-0.05, 0) is 37.6 Å². The first-order chi connectivity index (χ1) is 15.3. The number of nitrogens with one attached hydrogen (secondary N) is 1. The number of pyridine rings is 1. The highest BCUT2D eigenvalue weighted by molar-refractivity contribution is 7.87. The number of anilines is 1. The molecule has 13 heteroatoms. The molecule has 1 N–H and O–H groups in total. The highest BCUT2D eigenvalue weighted by Gasteiger charge is 2.49. The quantitative estimate of drug-likeness (QED) is 0.322. The minimum Gasteiger partial charge on any atom is -0.465 e. The maximum Gasteiger partial charge on any atom is 0.534 e. The lowest BCUT2D eigenvalue weighted by Gasteiger charge is -2.20. The molecule has 0 amide bonds. The monoisotopic (exact) mass is 485 g/mol. The van der Waals surface area contributed by atoms with Gasteiger partial charge < -0.3 is 14.2 Å². The van der Waals surface area contributed by atoms with Gasteiger partial charge in [0, 0.05) is 17.4 Å². The van der Waals surface area contributed by atoms with Gasteiger partial charge in [0.2, 0.25) is 5.88 Å². The van der Waals surface area contributed by atoms with Gasteiger partial charge in [-0.2, -0.15) is 26.6 Å². The minimum absolute atomic E-state index is 0.129. The zero-order valence-corrected chi connectivity index (χ0v) is 18.3. The number of halogens is 3. The number of alkyl halides is 3. The Morgan fingerprint density at radius 3 is 2.52 bits per heavy atom. The summed E-state index contributed by atoms with van der Waals surface area (Å²) in [4.78, 5) is 28.4. The summed E-state index contributed by atoms with van der Waals surface area (Å²) in [5.41, 5.74) is -5.09. The van der Waals surface area contributed by atoms with E-state index in [-0.39, 0.29) is 11.2 Å². The zero-order valence-electron chi connectivity index (χ0n) is 17.5. The van der Waals surface area contributed by atoms with E-state index in [4.69, 9.17) is 4.74 Å². The third-order valence-corrected chi connectivity index (χ3v) is 5.51. The molecule has 3 aromatic rings. The van der Waals surface area contributed by atoms with Gasteiger partial charge in [-0.3, -0.25) is 9.20 Å². The van der Waals surface area contributed by atoms with E-state index in [1.165, 1.54) is 19.4 Å². The summed E-state index contributed by atoms with van der Waals surface area (Å²) in [6.07, 6.45) is 1.39. The number of methoxy groups -OCH3 is 1. The number of aromatic nitrogens is 2. The number of hydrogen-bond acceptors (Lipinski definition) is 8. The van der Waals surface area contributed by atoms with E-state index < -0.39 is 39.1 Å². The van der Waals surface area contributed by atoms with Crippen molar-refractivity contribution in [2.75, 3.05) is 12.4 Å². The summed E-state index contributed by atoms with van der Waals surface area (Å²) in [6, 6.07) is 7.98. The molecule has 0 fully saturated rings. The number of hydrogen-bond donors (Lipinski definition) is 1. The van der Waals surface area contributed by atoms with Crippen LogP contribution in [0.4, 0.5) is 18.9 Å². The van der Waals surface area contributed by atoms with Gasteiger partial charge in [-0.25, -0.2) is 4.79 Å². The van der Waals surface area contributed by atoms with Gasteiger partial charge in [0.15, 0.2) is 0 Å². The average Bonchev–Trinajstić information content (AvgIpc) is 2.72. The Kier molecular flexibility index (Phi) is 6.36. The van der Waals surface area contributed by atoms with Gasteiger partial charge in [0.25, 0.3) is 5.56 Å². The van der Waals surface area contributed by atoms with Gasteiger partial charge in [-0.1, -0.05) is 12.1 Å². The molecule has 0 bridgehead atoms. The van der Waals surface area contributed by atoms with Crippen molar-refractivity contribution in [2.45, 2.75) is 25.4 Å². The van der Waals surface area contributed by atoms with Crippen LogP contribution in [0.2, 0.25) is 0 Å². The van der Waals surface area contributed by atoms with Gasteiger partial charge in [0.05, 0.1) is 24.8 Å². The molecule has 0 radical (unpaired) electrons. The lowest BCUT2D eigenvalue weighted by Crippen LogP contribution is -2.29. The number of ether oxygens (including phenoxy) is 1. The molecule has 33 heavy (non-hydrogen) atoms. The summed E-state index contributed by atoms with van der Waals surface area (Å²) in [6.45, 7) is 3.35. The summed E-state index contributed by atoms with van der Waals surface area (Å²) in [7, 11) is -4.80. The van der Waals surface area contributed by atoms with Crippen LogP contribution in [0.25, 0.3) is 5.65 Å². The van der Waals surface area contributed by atoms with E-state index in [1.54, 1.807) is 38.1 Å². The molecule has 0 aliphatic heterocycles. The Bertz CT molecular complexity index is 1390. The van der Waals surface area contributed by atoms with Crippen LogP contribution in [0.1, 0.15) is 34.5 Å². The smallest absolute Gasteiger partial charge is 0.465 e. The Balaban J connectivity index is 2.11. The van der Waals surface area contributed by atoms with Crippen molar-refractivity contribution in [2.24, 2.45) is 0 Å². The predicted octanol–water partition coefficient (Wildman–Crippen LogP) is 3.19. The van der Waals surface area contributed by atoms with Gasteiger partial charge in [-0.15, -0.1) is 0 Å². The van der Waals surface area contributed by atoms with E-state index in [9.17, 15) is 31.2 Å². The Hall–Kier alpha value is -3.61. The predicted molar refractivity (Wildman–Crippen MR) is 112 cm³/mol. The molecule has 1 atom stereocenters. The first-order valence-electron chi connectivity index (χ1n) is 9.32. The highest BCUT2D eigenvalue weighted by Crippen LogP contribution is 2.28. The van der Waals surface area contributed by atoms with E-state index in [0.29, 0.717) is 22.9 Å². The number of para-hydroxylation sites is 1. The zero-order chi connectivity index (χ0) is 24.6. The van der Waals surface area contributed by atoms with E-state index in [2.05, 4.69) is 14.5 Å². The van der Waals surface area contributed by atoms with Crippen molar-refractivity contribution in [3.05, 3.63) is 69.6 Å². The molecule has 0 saturated carbocycles. The maximum absolute atomic E-state index is 12.7. The number of carbonyl (C=O) groups excluding carboxylic acids is 1. The molecule has 2 heterocycles. The van der Waals surface area contributed by atoms with Crippen LogP contribution in [0.5, 0.6) is 5.88 Å². The van der Waals surface area contributed by atoms with E-state index in [1.807, 2.05) is 0 Å². The number of benzene rings is 1. The first-order valence-corrected chi connectivity index (χ1v) is 10.7. The van der Waals surface area contributed by atoms with Crippen molar-refractivity contribution < 1.29 is 35.3 Å². The van der Waals surface area contributed by atoms with Crippen LogP contribution >= 0.6 is 0 Å². The Morgan fingerprint density at radius 2 is 1.88 bits per heavy atom. The van der Waals surface area contributed by atoms with Crippen molar-refractivity contribution in [1.82, 2.24) is 9.38 Å². The average molecular weight is 485 g/mol. The molecular weight excluding hydrogens is 467 g/mol. The third kappa shape index (κ3) is 4.92. The fourth-order valence-electron chi connectivity index (χ4n) is 3.08. The normalized spacial score (nSPS) is 12.9. The second kappa shape index (κ2) is 8.73. The lowest BCUT2D eigenvalue weighted by atomic mass is 10.1. The van der Waals surface area contributed by atoms with Crippen LogP contribution in [-0.2, 0) is 14.9 Å². The Labute approximate surface area is 185 Å². The van der Waals surface area contributed by atoms with Gasteiger partial charge in [0.1, 0.15) is 5.65 Å². The van der Waals surface area contributed by atoms with Crippen molar-refractivity contribution in [3.63, 3.8) is 0 Å². The SMILES string of the molecule is COC(=O)c1ccccc1NC(C)c1cc(C)cn2c(=O)cc(OS(=O)(=O)C(F)(F)F)nc12.